The van der Waals surface area contributed by atoms with Gasteiger partial charge in [-0.3, -0.25) is 14.8 Å². The molecule has 1 aliphatic heterocycles. The van der Waals surface area contributed by atoms with Crippen molar-refractivity contribution >= 4 is 11.8 Å². The van der Waals surface area contributed by atoms with Crippen molar-refractivity contribution in [1.82, 2.24) is 10.3 Å². The van der Waals surface area contributed by atoms with Crippen LogP contribution in [-0.4, -0.2) is 23.4 Å². The summed E-state index contributed by atoms with van der Waals surface area (Å²) in [6.07, 6.45) is 2.68. The second-order valence-corrected chi connectivity index (χ2v) is 6.70. The summed E-state index contributed by atoms with van der Waals surface area (Å²) >= 11 is 0. The molecule has 1 aliphatic carbocycles. The zero-order valence-corrected chi connectivity index (χ0v) is 15.0. The highest BCUT2D eigenvalue weighted by atomic mass is 19.1. The molecule has 1 aromatic carbocycles. The predicted molar refractivity (Wildman–Crippen MR) is 99.6 cm³/mol. The van der Waals surface area contributed by atoms with Gasteiger partial charge in [0.25, 0.3) is 0 Å². The molecule has 0 amide bonds. The number of hydrogen-bond acceptors (Lipinski definition) is 5. The minimum Gasteiger partial charge on any atom is -0.465 e. The lowest BCUT2D eigenvalue weighted by atomic mass is 9.76. The van der Waals surface area contributed by atoms with E-state index in [0.29, 0.717) is 35.6 Å². The smallest absolute Gasteiger partial charge is 0.317 e. The van der Waals surface area contributed by atoms with Crippen molar-refractivity contribution in [2.24, 2.45) is 10.9 Å². The van der Waals surface area contributed by atoms with Crippen LogP contribution in [0.4, 0.5) is 4.39 Å². The molecule has 1 aromatic heterocycles. The Balaban J connectivity index is 1.92. The third-order valence-electron chi connectivity index (χ3n) is 5.19. The summed E-state index contributed by atoms with van der Waals surface area (Å²) < 4.78 is 19.7. The summed E-state index contributed by atoms with van der Waals surface area (Å²) in [6.45, 7) is 6.09. The summed E-state index contributed by atoms with van der Waals surface area (Å²) in [7, 11) is 0. The van der Waals surface area contributed by atoms with Gasteiger partial charge in [0.2, 0.25) is 0 Å². The van der Waals surface area contributed by atoms with Gasteiger partial charge < -0.3 is 10.1 Å². The Bertz CT molecular complexity index is 942. The molecule has 4 rings (SSSR count). The number of pyridine rings is 1. The molecular weight excluding hydrogens is 345 g/mol. The molecule has 5 nitrogen and oxygen atoms in total. The fourth-order valence-electron chi connectivity index (χ4n) is 4.08. The van der Waals surface area contributed by atoms with Crippen molar-refractivity contribution in [3.63, 3.8) is 0 Å². The van der Waals surface area contributed by atoms with Crippen LogP contribution in [-0.2, 0) is 21.5 Å². The van der Waals surface area contributed by atoms with Crippen LogP contribution in [0.25, 0.3) is 0 Å². The van der Waals surface area contributed by atoms with Crippen molar-refractivity contribution in [3.8, 4) is 0 Å². The van der Waals surface area contributed by atoms with E-state index in [1.165, 1.54) is 6.07 Å². The summed E-state index contributed by atoms with van der Waals surface area (Å²) in [4.78, 5) is 22.1. The molecular formula is C21H20FN3O2. The number of hydrogen-bond donors (Lipinski definition) is 1. The first kappa shape index (κ1) is 17.4. The normalized spacial score (nSPS) is 23.6. The number of nitrogens with one attached hydrogen (secondary N) is 1. The van der Waals surface area contributed by atoms with Crippen molar-refractivity contribution in [2.45, 2.75) is 25.3 Å². The number of aromatic nitrogens is 1. The maximum absolute atomic E-state index is 14.4. The number of nitrogens with zero attached hydrogens (tertiary/aromatic N) is 2. The quantitative estimate of drug-likeness (QED) is 0.849. The van der Waals surface area contributed by atoms with Crippen LogP contribution < -0.4 is 5.32 Å². The van der Waals surface area contributed by atoms with E-state index in [9.17, 15) is 9.18 Å². The van der Waals surface area contributed by atoms with E-state index in [1.807, 2.05) is 24.3 Å². The zero-order chi connectivity index (χ0) is 19.0. The first-order chi connectivity index (χ1) is 13.1. The van der Waals surface area contributed by atoms with E-state index < -0.39 is 17.4 Å². The second-order valence-electron chi connectivity index (χ2n) is 6.70. The van der Waals surface area contributed by atoms with Crippen molar-refractivity contribution in [3.05, 3.63) is 77.5 Å². The molecule has 2 aromatic rings. The molecule has 0 saturated carbocycles. The van der Waals surface area contributed by atoms with Crippen molar-refractivity contribution < 1.29 is 13.9 Å². The Labute approximate surface area is 157 Å². The Hall–Kier alpha value is -3.02. The summed E-state index contributed by atoms with van der Waals surface area (Å²) in [5.41, 5.74) is 1.51. The minimum absolute atomic E-state index is 0.255. The molecule has 0 saturated heterocycles. The Morgan fingerprint density at radius 3 is 2.96 bits per heavy atom. The summed E-state index contributed by atoms with van der Waals surface area (Å²) in [6, 6.07) is 10.5. The number of aliphatic imine (C=N–C) groups is 1. The number of rotatable bonds is 3. The summed E-state index contributed by atoms with van der Waals surface area (Å²) in [5, 5.41) is 3.12. The van der Waals surface area contributed by atoms with Gasteiger partial charge in [0.1, 0.15) is 23.0 Å². The molecule has 2 aliphatic rings. The topological polar surface area (TPSA) is 63.6 Å². The number of carbonyl (C=O) groups is 1. The van der Waals surface area contributed by atoms with Gasteiger partial charge in [-0.05, 0) is 49.1 Å². The van der Waals surface area contributed by atoms with Gasteiger partial charge in [-0.1, -0.05) is 24.8 Å². The van der Waals surface area contributed by atoms with Crippen LogP contribution in [0.3, 0.4) is 0 Å². The largest absolute Gasteiger partial charge is 0.465 e. The highest BCUT2D eigenvalue weighted by molar-refractivity contribution is 6.00. The van der Waals surface area contributed by atoms with Crippen LogP contribution in [0, 0.1) is 11.7 Å². The first-order valence-electron chi connectivity index (χ1n) is 8.98. The van der Waals surface area contributed by atoms with Crippen LogP contribution in [0.1, 0.15) is 30.2 Å². The SMILES string of the molecule is C=C1NC(c2ccccn2)=NC2(CCc3c(F)cccc32)C1C(=O)OCC. The van der Waals surface area contributed by atoms with Gasteiger partial charge in [-0.15, -0.1) is 0 Å². The van der Waals surface area contributed by atoms with Crippen LogP contribution in [0.15, 0.2) is 59.9 Å². The lowest BCUT2D eigenvalue weighted by Crippen LogP contribution is -2.49. The highest BCUT2D eigenvalue weighted by Crippen LogP contribution is 2.50. The molecule has 0 fully saturated rings. The highest BCUT2D eigenvalue weighted by Gasteiger charge is 2.53. The Kier molecular flexibility index (Phi) is 4.26. The summed E-state index contributed by atoms with van der Waals surface area (Å²) in [5.74, 6) is -0.882. The Morgan fingerprint density at radius 2 is 2.22 bits per heavy atom. The van der Waals surface area contributed by atoms with E-state index in [4.69, 9.17) is 9.73 Å². The molecule has 27 heavy (non-hydrogen) atoms. The minimum atomic E-state index is -0.946. The van der Waals surface area contributed by atoms with E-state index >= 15 is 0 Å². The van der Waals surface area contributed by atoms with Gasteiger partial charge in [-0.2, -0.15) is 0 Å². The number of halogens is 1. The number of ether oxygens (including phenoxy) is 1. The molecule has 0 bridgehead atoms. The lowest BCUT2D eigenvalue weighted by Gasteiger charge is -2.39. The van der Waals surface area contributed by atoms with Crippen LogP contribution in [0.2, 0.25) is 0 Å². The number of fused-ring (bicyclic) bond motifs is 2. The molecule has 2 atom stereocenters. The molecule has 1 spiro atoms. The van der Waals surface area contributed by atoms with Crippen LogP contribution >= 0.6 is 0 Å². The molecule has 138 valence electrons. The maximum atomic E-state index is 14.4. The molecule has 2 heterocycles. The van der Waals surface area contributed by atoms with Crippen molar-refractivity contribution in [1.29, 1.82) is 0 Å². The number of esters is 1. The molecule has 1 N–H and O–H groups in total. The van der Waals surface area contributed by atoms with E-state index in [2.05, 4.69) is 16.9 Å². The van der Waals surface area contributed by atoms with Crippen LogP contribution in [0.5, 0.6) is 0 Å². The molecule has 0 radical (unpaired) electrons. The second kappa shape index (κ2) is 6.61. The Morgan fingerprint density at radius 1 is 1.37 bits per heavy atom. The maximum Gasteiger partial charge on any atom is 0.317 e. The van der Waals surface area contributed by atoms with Gasteiger partial charge in [-0.25, -0.2) is 4.39 Å². The predicted octanol–water partition coefficient (Wildman–Crippen LogP) is 3.11. The van der Waals surface area contributed by atoms with Gasteiger partial charge in [0.15, 0.2) is 5.84 Å². The monoisotopic (exact) mass is 365 g/mol. The third-order valence-corrected chi connectivity index (χ3v) is 5.19. The number of amidine groups is 1. The standard InChI is InChI=1S/C21H20FN3O2/c1-3-27-20(26)18-13(2)24-19(17-9-4-5-12-23-17)25-21(18)11-10-14-15(21)7-6-8-16(14)22/h4-9,12,18H,2-3,10-11H2,1H3,(H,24,25). The molecule has 2 unspecified atom stereocenters. The average Bonchev–Trinajstić information content (AvgIpc) is 3.02. The average molecular weight is 365 g/mol. The van der Waals surface area contributed by atoms with Crippen molar-refractivity contribution in [2.75, 3.05) is 6.61 Å². The van der Waals surface area contributed by atoms with Gasteiger partial charge in [0, 0.05) is 11.9 Å². The van der Waals surface area contributed by atoms with E-state index in [0.717, 1.165) is 5.56 Å². The molecule has 6 heteroatoms. The first-order valence-corrected chi connectivity index (χ1v) is 8.98. The van der Waals surface area contributed by atoms with Gasteiger partial charge in [0.05, 0.1) is 6.61 Å². The number of benzene rings is 1. The number of carbonyl (C=O) groups excluding carboxylic acids is 1. The van der Waals surface area contributed by atoms with Gasteiger partial charge >= 0.3 is 5.97 Å². The lowest BCUT2D eigenvalue weighted by molar-refractivity contribution is -0.149. The zero-order valence-electron chi connectivity index (χ0n) is 15.0. The van der Waals surface area contributed by atoms with E-state index in [-0.39, 0.29) is 12.4 Å². The third kappa shape index (κ3) is 2.72. The van der Waals surface area contributed by atoms with E-state index in [1.54, 1.807) is 19.2 Å². The fourth-order valence-corrected chi connectivity index (χ4v) is 4.08. The fraction of sp³-hybridized carbons (Fsp3) is 0.286.